The summed E-state index contributed by atoms with van der Waals surface area (Å²) in [6.45, 7) is 0.634. The summed E-state index contributed by atoms with van der Waals surface area (Å²) in [5, 5.41) is 15.0. The Morgan fingerprint density at radius 3 is 2.50 bits per heavy atom. The van der Waals surface area contributed by atoms with Crippen LogP contribution in [0.2, 0.25) is 0 Å². The summed E-state index contributed by atoms with van der Waals surface area (Å²) in [6.07, 6.45) is 15.1. The lowest BCUT2D eigenvalue weighted by atomic mass is 9.77. The van der Waals surface area contributed by atoms with Crippen molar-refractivity contribution in [1.82, 2.24) is 10.1 Å². The van der Waals surface area contributed by atoms with Crippen LogP contribution in [0, 0.1) is 5.41 Å². The molecule has 1 spiro atoms. The van der Waals surface area contributed by atoms with Gasteiger partial charge >= 0.3 is 5.97 Å². The predicted molar refractivity (Wildman–Crippen MR) is 145 cm³/mol. The van der Waals surface area contributed by atoms with Gasteiger partial charge in [0.1, 0.15) is 5.76 Å². The maximum atomic E-state index is 11.4. The third kappa shape index (κ3) is 4.06. The molecule has 0 unspecified atom stereocenters. The summed E-state index contributed by atoms with van der Waals surface area (Å²) in [5.41, 5.74) is 4.38. The van der Waals surface area contributed by atoms with Crippen LogP contribution in [0.25, 0.3) is 10.2 Å². The summed E-state index contributed by atoms with van der Waals surface area (Å²) < 4.78 is 13.6. The number of fused-ring (bicyclic) bond motifs is 3. The van der Waals surface area contributed by atoms with E-state index in [1.54, 1.807) is 23.5 Å². The average molecular weight is 534 g/mol. The number of thiazole rings is 1. The summed E-state index contributed by atoms with van der Waals surface area (Å²) in [5.74, 6) is 1.31. The number of carbonyl (C=O) groups is 1. The van der Waals surface area contributed by atoms with Crippen molar-refractivity contribution >= 4 is 32.7 Å². The molecule has 3 aliphatic carbocycles. The number of ether oxygens (including phenoxy) is 1. The van der Waals surface area contributed by atoms with Gasteiger partial charge in [-0.15, -0.1) is 0 Å². The van der Waals surface area contributed by atoms with Crippen LogP contribution in [-0.2, 0) is 11.3 Å². The zero-order chi connectivity index (χ0) is 25.4. The fraction of sp³-hybridized carbons (Fsp3) is 0.633. The molecule has 5 fully saturated rings. The Hall–Kier alpha value is -2.45. The van der Waals surface area contributed by atoms with Crippen molar-refractivity contribution in [3.8, 4) is 0 Å². The third-order valence-corrected chi connectivity index (χ3v) is 11.2. The van der Waals surface area contributed by atoms with Gasteiger partial charge in [-0.3, -0.25) is 0 Å². The standard InChI is InChI=1S/C30H35N3O4S/c34-28(35)19-3-6-24-25(13-19)38-29(31-24)33-20-4-5-21(33)15-22(14-20)36-16-23-26(32-37-27(23)18-1-2-18)17-7-9-30(10-8-17)11-12-30/h3,6,13,17-18,20-22H,1-2,4-5,7-12,14-16H2,(H,34,35)/t20-,21+,22+. The van der Waals surface area contributed by atoms with Crippen molar-refractivity contribution in [3.05, 3.63) is 40.8 Å². The molecule has 3 atom stereocenters. The molecule has 2 saturated heterocycles. The highest BCUT2D eigenvalue weighted by molar-refractivity contribution is 7.22. The van der Waals surface area contributed by atoms with Gasteiger partial charge in [-0.2, -0.15) is 0 Å². The molecule has 3 aromatic rings. The molecule has 200 valence electrons. The van der Waals surface area contributed by atoms with Gasteiger partial charge in [-0.25, -0.2) is 9.78 Å². The normalized spacial score (nSPS) is 28.4. The number of hydrogen-bond donors (Lipinski definition) is 1. The average Bonchev–Trinajstić information content (AvgIpc) is 3.79. The van der Waals surface area contributed by atoms with Gasteiger partial charge in [0.25, 0.3) is 0 Å². The first-order valence-electron chi connectivity index (χ1n) is 14.6. The van der Waals surface area contributed by atoms with Crippen LogP contribution in [-0.4, -0.2) is 39.4 Å². The molecule has 4 heterocycles. The lowest BCUT2D eigenvalue weighted by Crippen LogP contribution is -2.45. The SMILES string of the molecule is O=C(O)c1ccc2nc(N3[C@@H]4CC[C@H]3C[C@@H](OCc3c(C5CCC6(CC5)CC6)noc3C3CC3)C4)sc2c1. The minimum absolute atomic E-state index is 0.243. The Morgan fingerprint density at radius 2 is 1.82 bits per heavy atom. The molecule has 2 aliphatic heterocycles. The van der Waals surface area contributed by atoms with Crippen LogP contribution < -0.4 is 4.90 Å². The first-order chi connectivity index (χ1) is 18.6. The highest BCUT2D eigenvalue weighted by Gasteiger charge is 2.47. The number of rotatable bonds is 7. The van der Waals surface area contributed by atoms with E-state index in [1.807, 2.05) is 6.07 Å². The molecule has 38 heavy (non-hydrogen) atoms. The monoisotopic (exact) mass is 533 g/mol. The molecule has 2 aromatic heterocycles. The topological polar surface area (TPSA) is 88.7 Å². The van der Waals surface area contributed by atoms with Crippen molar-refractivity contribution in [1.29, 1.82) is 0 Å². The number of aromatic carboxylic acids is 1. The minimum atomic E-state index is -0.893. The first-order valence-corrected chi connectivity index (χ1v) is 15.4. The van der Waals surface area contributed by atoms with E-state index in [4.69, 9.17) is 14.2 Å². The van der Waals surface area contributed by atoms with E-state index in [0.717, 1.165) is 46.8 Å². The highest BCUT2D eigenvalue weighted by Crippen LogP contribution is 2.59. The smallest absolute Gasteiger partial charge is 0.335 e. The van der Waals surface area contributed by atoms with Gasteiger partial charge in [0.15, 0.2) is 5.13 Å². The molecule has 0 radical (unpaired) electrons. The van der Waals surface area contributed by atoms with Crippen LogP contribution in [0.5, 0.6) is 0 Å². The van der Waals surface area contributed by atoms with E-state index >= 15 is 0 Å². The fourth-order valence-electron chi connectivity index (χ4n) is 7.58. The van der Waals surface area contributed by atoms with Crippen LogP contribution in [0.3, 0.4) is 0 Å². The molecular formula is C30H35N3O4S. The lowest BCUT2D eigenvalue weighted by molar-refractivity contribution is 0.0140. The van der Waals surface area contributed by atoms with E-state index in [9.17, 15) is 9.90 Å². The molecule has 2 bridgehead atoms. The van der Waals surface area contributed by atoms with Crippen LogP contribution in [0.4, 0.5) is 5.13 Å². The first kappa shape index (κ1) is 23.4. The molecule has 1 N–H and O–H groups in total. The van der Waals surface area contributed by atoms with Crippen molar-refractivity contribution in [2.75, 3.05) is 4.90 Å². The maximum absolute atomic E-state index is 11.4. The molecule has 0 amide bonds. The maximum Gasteiger partial charge on any atom is 0.335 e. The van der Waals surface area contributed by atoms with Gasteiger partial charge in [0, 0.05) is 29.5 Å². The number of hydrogen-bond acceptors (Lipinski definition) is 7. The third-order valence-electron chi connectivity index (χ3n) is 10.2. The molecule has 5 aliphatic rings. The fourth-order valence-corrected chi connectivity index (χ4v) is 8.73. The zero-order valence-corrected chi connectivity index (χ0v) is 22.5. The number of piperidine rings is 1. The number of aromatic nitrogens is 2. The Bertz CT molecular complexity index is 1370. The summed E-state index contributed by atoms with van der Waals surface area (Å²) in [7, 11) is 0. The molecule has 8 heteroatoms. The van der Waals surface area contributed by atoms with E-state index < -0.39 is 5.97 Å². The number of carboxylic acids is 1. The van der Waals surface area contributed by atoms with E-state index in [1.165, 1.54) is 62.6 Å². The van der Waals surface area contributed by atoms with Gasteiger partial charge in [-0.1, -0.05) is 16.5 Å². The van der Waals surface area contributed by atoms with Gasteiger partial charge < -0.3 is 19.3 Å². The quantitative estimate of drug-likeness (QED) is 0.349. The molecule has 8 rings (SSSR count). The Kier molecular flexibility index (Phi) is 5.42. The highest BCUT2D eigenvalue weighted by atomic mass is 32.1. The van der Waals surface area contributed by atoms with Gasteiger partial charge in [-0.05, 0) is 101 Å². The van der Waals surface area contributed by atoms with E-state index in [2.05, 4.69) is 10.1 Å². The van der Waals surface area contributed by atoms with Gasteiger partial charge in [0.2, 0.25) is 0 Å². The Morgan fingerprint density at radius 1 is 1.05 bits per heavy atom. The lowest BCUT2D eigenvalue weighted by Gasteiger charge is -2.38. The largest absolute Gasteiger partial charge is 0.478 e. The molecular weight excluding hydrogens is 498 g/mol. The second kappa shape index (κ2) is 8.78. The van der Waals surface area contributed by atoms with Crippen molar-refractivity contribution in [3.63, 3.8) is 0 Å². The van der Waals surface area contributed by atoms with Crippen LogP contribution in [0.15, 0.2) is 22.7 Å². The number of benzene rings is 1. The Balaban J connectivity index is 0.968. The van der Waals surface area contributed by atoms with Crippen molar-refractivity contribution < 1.29 is 19.2 Å². The van der Waals surface area contributed by atoms with Gasteiger partial charge in [0.05, 0.1) is 34.2 Å². The summed E-state index contributed by atoms with van der Waals surface area (Å²) in [4.78, 5) is 18.8. The Labute approximate surface area is 226 Å². The molecule has 1 aromatic carbocycles. The van der Waals surface area contributed by atoms with E-state index in [0.29, 0.717) is 41.5 Å². The second-order valence-electron chi connectivity index (χ2n) is 12.6. The molecule has 7 nitrogen and oxygen atoms in total. The summed E-state index contributed by atoms with van der Waals surface area (Å²) >= 11 is 1.62. The number of anilines is 1. The van der Waals surface area contributed by atoms with Crippen LogP contribution >= 0.6 is 11.3 Å². The van der Waals surface area contributed by atoms with Crippen molar-refractivity contribution in [2.24, 2.45) is 5.41 Å². The van der Waals surface area contributed by atoms with E-state index in [-0.39, 0.29) is 6.10 Å². The van der Waals surface area contributed by atoms with Crippen LogP contribution in [0.1, 0.15) is 116 Å². The number of carboxylic acid groups (broad SMARTS) is 1. The zero-order valence-electron chi connectivity index (χ0n) is 21.7. The molecule has 3 saturated carbocycles. The van der Waals surface area contributed by atoms with Crippen molar-refractivity contribution in [2.45, 2.75) is 114 Å². The number of nitrogens with zero attached hydrogens (tertiary/aromatic N) is 3. The predicted octanol–water partition coefficient (Wildman–Crippen LogP) is 7.01. The summed E-state index contributed by atoms with van der Waals surface area (Å²) in [6, 6.07) is 6.09. The second-order valence-corrected chi connectivity index (χ2v) is 13.6. The minimum Gasteiger partial charge on any atom is -0.478 e.